The first-order valence-electron chi connectivity index (χ1n) is 6.58. The molecule has 0 bridgehead atoms. The van der Waals surface area contributed by atoms with E-state index in [9.17, 15) is 0 Å². The van der Waals surface area contributed by atoms with E-state index in [0.717, 1.165) is 35.2 Å². The number of anilines is 2. The molecule has 1 N–H and O–H groups in total. The van der Waals surface area contributed by atoms with Crippen molar-refractivity contribution in [3.8, 4) is 5.75 Å². The number of aromatic nitrogens is 2. The van der Waals surface area contributed by atoms with Crippen LogP contribution in [0.2, 0.25) is 0 Å². The van der Waals surface area contributed by atoms with Gasteiger partial charge < -0.3 is 19.4 Å². The van der Waals surface area contributed by atoms with Crippen molar-refractivity contribution in [3.63, 3.8) is 0 Å². The fourth-order valence-corrected chi connectivity index (χ4v) is 2.09. The highest BCUT2D eigenvalue weighted by molar-refractivity contribution is 5.57. The molecule has 0 aliphatic carbocycles. The maximum absolute atomic E-state index is 5.27. The van der Waals surface area contributed by atoms with Gasteiger partial charge in [-0.3, -0.25) is 0 Å². The van der Waals surface area contributed by atoms with E-state index in [-0.39, 0.29) is 0 Å². The largest absolute Gasteiger partial charge is 0.496 e. The predicted octanol–water partition coefficient (Wildman–Crippen LogP) is 2.90. The number of hydrogen-bond donors (Lipinski definition) is 1. The molecule has 2 rings (SSSR count). The molecule has 0 radical (unpaired) electrons. The second kappa shape index (κ2) is 6.43. The molecule has 0 amide bonds. The normalized spacial score (nSPS) is 10.6. The van der Waals surface area contributed by atoms with Crippen molar-refractivity contribution >= 4 is 11.6 Å². The summed E-state index contributed by atoms with van der Waals surface area (Å²) < 4.78 is 12.4. The minimum absolute atomic E-state index is 0.659. The third-order valence-corrected chi connectivity index (χ3v) is 3.08. The van der Waals surface area contributed by atoms with Crippen LogP contribution in [0.25, 0.3) is 0 Å². The van der Waals surface area contributed by atoms with Crippen LogP contribution in [0.3, 0.4) is 0 Å². The lowest BCUT2D eigenvalue weighted by molar-refractivity contribution is 0.188. The van der Waals surface area contributed by atoms with E-state index in [1.165, 1.54) is 0 Å². The number of benzene rings is 1. The Labute approximate surface area is 119 Å². The molecule has 20 heavy (non-hydrogen) atoms. The van der Waals surface area contributed by atoms with Crippen molar-refractivity contribution in [2.24, 2.45) is 0 Å². The van der Waals surface area contributed by atoms with Gasteiger partial charge >= 0.3 is 0 Å². The summed E-state index contributed by atoms with van der Waals surface area (Å²) in [6.07, 6.45) is 2.01. The maximum atomic E-state index is 5.27. The van der Waals surface area contributed by atoms with Gasteiger partial charge in [-0.05, 0) is 37.6 Å². The predicted molar refractivity (Wildman–Crippen MR) is 79.9 cm³/mol. The summed E-state index contributed by atoms with van der Waals surface area (Å²) in [4.78, 5) is 4.50. The van der Waals surface area contributed by atoms with Gasteiger partial charge in [0.2, 0.25) is 5.95 Å². The molecule has 0 unspecified atom stereocenters. The minimum Gasteiger partial charge on any atom is -0.496 e. The lowest BCUT2D eigenvalue weighted by Gasteiger charge is -2.11. The molecule has 0 saturated heterocycles. The highest BCUT2D eigenvalue weighted by Crippen LogP contribution is 2.24. The fourth-order valence-electron chi connectivity index (χ4n) is 2.09. The first-order chi connectivity index (χ1) is 9.63. The smallest absolute Gasteiger partial charge is 0.207 e. The summed E-state index contributed by atoms with van der Waals surface area (Å²) in [6.45, 7) is 5.43. The molecule has 0 aliphatic heterocycles. The fraction of sp³-hybridized carbons (Fsp3) is 0.400. The van der Waals surface area contributed by atoms with Gasteiger partial charge in [0.15, 0.2) is 0 Å². The number of aryl methyl sites for hydroxylation is 2. The van der Waals surface area contributed by atoms with Gasteiger partial charge in [0.1, 0.15) is 5.75 Å². The number of methoxy groups -OCH3 is 2. The van der Waals surface area contributed by atoms with Gasteiger partial charge in [0, 0.05) is 25.5 Å². The lowest BCUT2D eigenvalue weighted by Crippen LogP contribution is -2.07. The summed E-state index contributed by atoms with van der Waals surface area (Å²) >= 11 is 0. The average Bonchev–Trinajstić information content (AvgIpc) is 2.76. The summed E-state index contributed by atoms with van der Waals surface area (Å²) in [6, 6.07) is 5.98. The summed E-state index contributed by atoms with van der Waals surface area (Å²) in [5, 5.41) is 3.34. The molecule has 108 valence electrons. The van der Waals surface area contributed by atoms with Crippen molar-refractivity contribution in [3.05, 3.63) is 35.7 Å². The Balaban J connectivity index is 2.18. The SMILES string of the molecule is COCCn1cc(C)nc1Nc1ccc(OC)c(C)c1. The molecule has 5 heteroatoms. The highest BCUT2D eigenvalue weighted by atomic mass is 16.5. The van der Waals surface area contributed by atoms with E-state index in [4.69, 9.17) is 9.47 Å². The number of nitrogens with zero attached hydrogens (tertiary/aromatic N) is 2. The first-order valence-corrected chi connectivity index (χ1v) is 6.58. The van der Waals surface area contributed by atoms with Crippen molar-refractivity contribution in [2.45, 2.75) is 20.4 Å². The van der Waals surface area contributed by atoms with Gasteiger partial charge in [-0.15, -0.1) is 0 Å². The Kier molecular flexibility index (Phi) is 4.63. The Bertz CT molecular complexity index is 578. The van der Waals surface area contributed by atoms with Crippen LogP contribution < -0.4 is 10.1 Å². The van der Waals surface area contributed by atoms with Crippen LogP contribution in [-0.4, -0.2) is 30.4 Å². The number of nitrogens with one attached hydrogen (secondary N) is 1. The molecular formula is C15H21N3O2. The third kappa shape index (κ3) is 3.30. The second-order valence-electron chi connectivity index (χ2n) is 4.70. The van der Waals surface area contributed by atoms with Gasteiger partial charge in [-0.2, -0.15) is 0 Å². The Morgan fingerprint density at radius 1 is 1.25 bits per heavy atom. The van der Waals surface area contributed by atoms with E-state index < -0.39 is 0 Å². The first kappa shape index (κ1) is 14.4. The van der Waals surface area contributed by atoms with Gasteiger partial charge in [0.25, 0.3) is 0 Å². The van der Waals surface area contributed by atoms with Crippen LogP contribution in [0.15, 0.2) is 24.4 Å². The van der Waals surface area contributed by atoms with E-state index in [0.29, 0.717) is 6.61 Å². The molecule has 0 atom stereocenters. The van der Waals surface area contributed by atoms with Crippen LogP contribution in [0.4, 0.5) is 11.6 Å². The van der Waals surface area contributed by atoms with Crippen molar-refractivity contribution in [1.82, 2.24) is 9.55 Å². The van der Waals surface area contributed by atoms with Gasteiger partial charge in [-0.1, -0.05) is 0 Å². The molecule has 5 nitrogen and oxygen atoms in total. The molecule has 0 aliphatic rings. The van der Waals surface area contributed by atoms with Gasteiger partial charge in [0.05, 0.1) is 19.4 Å². The molecule has 0 saturated carbocycles. The highest BCUT2D eigenvalue weighted by Gasteiger charge is 2.07. The molecule has 2 aromatic rings. The Hall–Kier alpha value is -2.01. The molecule has 1 aromatic heterocycles. The van der Waals surface area contributed by atoms with Crippen molar-refractivity contribution < 1.29 is 9.47 Å². The van der Waals surface area contributed by atoms with Crippen LogP contribution in [0.1, 0.15) is 11.3 Å². The van der Waals surface area contributed by atoms with E-state index in [1.54, 1.807) is 14.2 Å². The standard InChI is InChI=1S/C15H21N3O2/c1-11-9-13(5-6-14(11)20-4)17-15-16-12(2)10-18(15)7-8-19-3/h5-6,9-10H,7-8H2,1-4H3,(H,16,17). The number of rotatable bonds is 6. The van der Waals surface area contributed by atoms with Crippen LogP contribution >= 0.6 is 0 Å². The third-order valence-electron chi connectivity index (χ3n) is 3.08. The molecule has 1 heterocycles. The number of ether oxygens (including phenoxy) is 2. The van der Waals surface area contributed by atoms with Crippen LogP contribution in [0.5, 0.6) is 5.75 Å². The second-order valence-corrected chi connectivity index (χ2v) is 4.70. The van der Waals surface area contributed by atoms with Crippen molar-refractivity contribution in [2.75, 3.05) is 26.1 Å². The number of hydrogen-bond acceptors (Lipinski definition) is 4. The monoisotopic (exact) mass is 275 g/mol. The summed E-state index contributed by atoms with van der Waals surface area (Å²) in [5.41, 5.74) is 3.06. The molecular weight excluding hydrogens is 254 g/mol. The van der Waals surface area contributed by atoms with Crippen molar-refractivity contribution in [1.29, 1.82) is 0 Å². The maximum Gasteiger partial charge on any atom is 0.207 e. The molecule has 0 fully saturated rings. The van der Waals surface area contributed by atoms with Crippen LogP contribution in [0, 0.1) is 13.8 Å². The topological polar surface area (TPSA) is 48.3 Å². The quantitative estimate of drug-likeness (QED) is 0.880. The zero-order valence-electron chi connectivity index (χ0n) is 12.4. The van der Waals surface area contributed by atoms with Gasteiger partial charge in [-0.25, -0.2) is 4.98 Å². The Morgan fingerprint density at radius 2 is 2.05 bits per heavy atom. The molecule has 0 spiro atoms. The van der Waals surface area contributed by atoms with E-state index in [1.807, 2.05) is 38.2 Å². The molecule has 1 aromatic carbocycles. The summed E-state index contributed by atoms with van der Waals surface area (Å²) in [5.74, 6) is 1.71. The number of imidazole rings is 1. The summed E-state index contributed by atoms with van der Waals surface area (Å²) in [7, 11) is 3.37. The lowest BCUT2D eigenvalue weighted by atomic mass is 10.2. The van der Waals surface area contributed by atoms with E-state index >= 15 is 0 Å². The average molecular weight is 275 g/mol. The van der Waals surface area contributed by atoms with Crippen LogP contribution in [-0.2, 0) is 11.3 Å². The zero-order chi connectivity index (χ0) is 14.5. The van der Waals surface area contributed by atoms with E-state index in [2.05, 4.69) is 14.9 Å². The zero-order valence-corrected chi connectivity index (χ0v) is 12.4. The minimum atomic E-state index is 0.659. The Morgan fingerprint density at radius 3 is 2.70 bits per heavy atom.